The van der Waals surface area contributed by atoms with Crippen LogP contribution in [-0.2, 0) is 0 Å². The van der Waals surface area contributed by atoms with Crippen molar-refractivity contribution in [3.63, 3.8) is 0 Å². The fraction of sp³-hybridized carbons (Fsp3) is 0.348. The SMILES string of the molecule is CC(=O)n1ncc2c(C(C#N)=C3CCN(C(=O)N4CCC(=N)/C(=C\[OH2+])C4)CC3)cccc21. The van der Waals surface area contributed by atoms with Gasteiger partial charge in [0, 0.05) is 49.6 Å². The molecule has 9 nitrogen and oxygen atoms in total. The molecule has 0 spiro atoms. The summed E-state index contributed by atoms with van der Waals surface area (Å²) in [5.41, 5.74) is 4.00. The van der Waals surface area contributed by atoms with E-state index in [9.17, 15) is 14.9 Å². The smallest absolute Gasteiger partial charge is 0.320 e. The highest BCUT2D eigenvalue weighted by Crippen LogP contribution is 2.31. The van der Waals surface area contributed by atoms with Gasteiger partial charge in [0.05, 0.1) is 35.5 Å². The summed E-state index contributed by atoms with van der Waals surface area (Å²) < 4.78 is 1.33. The van der Waals surface area contributed by atoms with Crippen molar-refractivity contribution in [1.29, 1.82) is 10.7 Å². The number of carbonyl (C=O) groups is 2. The number of carbonyl (C=O) groups excluding carboxylic acids is 2. The molecule has 0 aliphatic carbocycles. The largest absolute Gasteiger partial charge is 0.598 e. The minimum atomic E-state index is -0.189. The van der Waals surface area contributed by atoms with Crippen molar-refractivity contribution in [3.05, 3.63) is 47.4 Å². The minimum Gasteiger partial charge on any atom is -0.598 e. The van der Waals surface area contributed by atoms with Gasteiger partial charge in [-0.3, -0.25) is 4.79 Å². The first-order chi connectivity index (χ1) is 15.4. The first-order valence-corrected chi connectivity index (χ1v) is 10.5. The van der Waals surface area contributed by atoms with Crippen molar-refractivity contribution < 1.29 is 14.7 Å². The van der Waals surface area contributed by atoms with Gasteiger partial charge in [-0.05, 0) is 24.5 Å². The molecule has 2 saturated heterocycles. The summed E-state index contributed by atoms with van der Waals surface area (Å²) in [5.74, 6) is -0.189. The van der Waals surface area contributed by atoms with Gasteiger partial charge in [0.2, 0.25) is 12.2 Å². The Morgan fingerprint density at radius 2 is 1.91 bits per heavy atom. The minimum absolute atomic E-state index is 0.0840. The summed E-state index contributed by atoms with van der Waals surface area (Å²) in [7, 11) is 0. The van der Waals surface area contributed by atoms with Gasteiger partial charge < -0.3 is 20.3 Å². The number of amides is 2. The van der Waals surface area contributed by atoms with E-state index >= 15 is 0 Å². The van der Waals surface area contributed by atoms with Crippen LogP contribution < -0.4 is 0 Å². The maximum Gasteiger partial charge on any atom is 0.320 e. The molecule has 3 N–H and O–H groups in total. The lowest BCUT2D eigenvalue weighted by molar-refractivity contribution is 0.0926. The van der Waals surface area contributed by atoms with Crippen LogP contribution in [0.15, 0.2) is 41.8 Å². The van der Waals surface area contributed by atoms with Gasteiger partial charge in [-0.1, -0.05) is 12.1 Å². The summed E-state index contributed by atoms with van der Waals surface area (Å²) in [6.45, 7) is 3.25. The zero-order chi connectivity index (χ0) is 22.8. The molecular formula is C23H25N6O3+. The molecule has 0 radical (unpaired) electrons. The van der Waals surface area contributed by atoms with Crippen molar-refractivity contribution in [2.75, 3.05) is 26.2 Å². The summed E-state index contributed by atoms with van der Waals surface area (Å²) in [6.07, 6.45) is 4.43. The van der Waals surface area contributed by atoms with Crippen LogP contribution in [0.1, 0.15) is 36.5 Å². The van der Waals surface area contributed by atoms with Crippen molar-refractivity contribution in [2.45, 2.75) is 26.2 Å². The van der Waals surface area contributed by atoms with Gasteiger partial charge >= 0.3 is 6.03 Å². The molecule has 0 saturated carbocycles. The van der Waals surface area contributed by atoms with E-state index in [1.807, 2.05) is 18.2 Å². The molecule has 9 heteroatoms. The van der Waals surface area contributed by atoms with Crippen LogP contribution in [0.2, 0.25) is 0 Å². The lowest BCUT2D eigenvalue weighted by atomic mass is 9.92. The number of benzene rings is 1. The van der Waals surface area contributed by atoms with E-state index in [0.29, 0.717) is 67.8 Å². The van der Waals surface area contributed by atoms with E-state index < -0.39 is 0 Å². The zero-order valence-corrected chi connectivity index (χ0v) is 17.9. The summed E-state index contributed by atoms with van der Waals surface area (Å²) in [4.78, 5) is 28.2. The van der Waals surface area contributed by atoms with E-state index in [1.165, 1.54) is 11.6 Å². The quantitative estimate of drug-likeness (QED) is 0.421. The monoisotopic (exact) mass is 433 g/mol. The molecule has 0 atom stereocenters. The van der Waals surface area contributed by atoms with Crippen LogP contribution >= 0.6 is 0 Å². The molecule has 0 bridgehead atoms. The Balaban J connectivity index is 1.54. The van der Waals surface area contributed by atoms with Crippen molar-refractivity contribution in [1.82, 2.24) is 19.6 Å². The second-order valence-electron chi connectivity index (χ2n) is 7.99. The Bertz CT molecular complexity index is 1210. The Hall–Kier alpha value is -3.93. The van der Waals surface area contributed by atoms with E-state index in [-0.39, 0.29) is 11.9 Å². The fourth-order valence-corrected chi connectivity index (χ4v) is 4.35. The molecule has 164 valence electrons. The average Bonchev–Trinajstić information content (AvgIpc) is 3.25. The molecule has 1 aromatic heterocycles. The molecule has 2 aromatic rings. The van der Waals surface area contributed by atoms with Gasteiger partial charge in [-0.15, -0.1) is 0 Å². The van der Waals surface area contributed by atoms with Crippen LogP contribution in [-0.4, -0.2) is 68.5 Å². The topological polar surface area (TPSA) is 129 Å². The third-order valence-corrected chi connectivity index (χ3v) is 6.11. The molecule has 2 aliphatic heterocycles. The number of allylic oxidation sites excluding steroid dienone is 1. The lowest BCUT2D eigenvalue weighted by Gasteiger charge is -2.36. The van der Waals surface area contributed by atoms with Crippen LogP contribution in [0, 0.1) is 16.7 Å². The highest BCUT2D eigenvalue weighted by atomic mass is 16.2. The predicted octanol–water partition coefficient (Wildman–Crippen LogP) is 2.52. The lowest BCUT2D eigenvalue weighted by Crippen LogP contribution is -2.49. The molecule has 32 heavy (non-hydrogen) atoms. The summed E-state index contributed by atoms with van der Waals surface area (Å²) in [5, 5.41) is 30.2. The highest BCUT2D eigenvalue weighted by Gasteiger charge is 2.30. The maximum atomic E-state index is 12.9. The van der Waals surface area contributed by atoms with Crippen LogP contribution in [0.5, 0.6) is 0 Å². The van der Waals surface area contributed by atoms with E-state index in [0.717, 1.165) is 22.8 Å². The number of nitriles is 1. The number of fused-ring (bicyclic) bond motifs is 1. The van der Waals surface area contributed by atoms with E-state index in [2.05, 4.69) is 11.2 Å². The number of nitrogens with one attached hydrogen (secondary N) is 1. The van der Waals surface area contributed by atoms with Crippen molar-refractivity contribution in [2.24, 2.45) is 0 Å². The number of hydrogen-bond donors (Lipinski definition) is 1. The van der Waals surface area contributed by atoms with Gasteiger partial charge in [0.25, 0.3) is 0 Å². The molecule has 1 aromatic carbocycles. The maximum absolute atomic E-state index is 12.9. The fourth-order valence-electron chi connectivity index (χ4n) is 4.35. The molecule has 2 amide bonds. The van der Waals surface area contributed by atoms with Crippen LogP contribution in [0.4, 0.5) is 4.79 Å². The third-order valence-electron chi connectivity index (χ3n) is 6.11. The molecule has 2 fully saturated rings. The number of urea groups is 1. The predicted molar refractivity (Wildman–Crippen MR) is 120 cm³/mol. The van der Waals surface area contributed by atoms with Gasteiger partial charge in [-0.2, -0.15) is 10.4 Å². The van der Waals surface area contributed by atoms with Crippen LogP contribution in [0.3, 0.4) is 0 Å². The number of rotatable bonds is 1. The molecule has 0 unspecified atom stereocenters. The summed E-state index contributed by atoms with van der Waals surface area (Å²) in [6, 6.07) is 7.75. The highest BCUT2D eigenvalue weighted by molar-refractivity contribution is 6.00. The number of nitrogens with zero attached hydrogens (tertiary/aromatic N) is 5. The van der Waals surface area contributed by atoms with Gasteiger partial charge in [-0.25, -0.2) is 9.48 Å². The van der Waals surface area contributed by atoms with Gasteiger partial charge in [0.1, 0.15) is 0 Å². The molecular weight excluding hydrogens is 408 g/mol. The van der Waals surface area contributed by atoms with Gasteiger partial charge in [0.15, 0.2) is 0 Å². The Morgan fingerprint density at radius 1 is 1.19 bits per heavy atom. The Labute approximate surface area is 185 Å². The molecule has 3 heterocycles. The number of likely N-dealkylation sites (tertiary alicyclic amines) is 2. The van der Waals surface area contributed by atoms with E-state index in [1.54, 1.807) is 16.0 Å². The average molecular weight is 433 g/mol. The first-order valence-electron chi connectivity index (χ1n) is 10.5. The molecule has 4 rings (SSSR count). The molecule has 2 aliphatic rings. The first kappa shape index (κ1) is 21.3. The zero-order valence-electron chi connectivity index (χ0n) is 17.9. The third kappa shape index (κ3) is 3.75. The number of hydrogen-bond acceptors (Lipinski definition) is 5. The Morgan fingerprint density at radius 3 is 2.56 bits per heavy atom. The number of aromatic nitrogens is 2. The van der Waals surface area contributed by atoms with Crippen molar-refractivity contribution >= 4 is 34.1 Å². The summed E-state index contributed by atoms with van der Waals surface area (Å²) >= 11 is 0. The Kier molecular flexibility index (Phi) is 5.77. The second-order valence-corrected chi connectivity index (χ2v) is 7.99. The standard InChI is InChI=1S/C23H24N6O3/c1-15(31)29-22-4-2-3-18(20(22)12-26-29)19(11-24)16-5-8-27(9-6-16)23(32)28-10-7-21(25)17(13-28)14-30/h2-4,12,14,25,30H,5-10,13H2,1H3/p+1/b17-14-,25-21?. The van der Waals surface area contributed by atoms with Crippen LogP contribution in [0.25, 0.3) is 16.5 Å². The normalized spacial score (nSPS) is 18.2. The second kappa shape index (κ2) is 8.67. The van der Waals surface area contributed by atoms with E-state index in [4.69, 9.17) is 10.5 Å². The number of piperidine rings is 2. The van der Waals surface area contributed by atoms with Crippen molar-refractivity contribution in [3.8, 4) is 6.07 Å².